The molecule has 2 aromatic rings. The topological polar surface area (TPSA) is 102 Å². The van der Waals surface area contributed by atoms with Crippen LogP contribution in [0.4, 0.5) is 5.69 Å². The highest BCUT2D eigenvalue weighted by atomic mass is 32.2. The van der Waals surface area contributed by atoms with Crippen LogP contribution in [0.15, 0.2) is 59.5 Å². The van der Waals surface area contributed by atoms with Gasteiger partial charge >= 0.3 is 5.97 Å². The lowest BCUT2D eigenvalue weighted by atomic mass is 10.1. The number of carbonyl (C=O) groups is 2. The van der Waals surface area contributed by atoms with Gasteiger partial charge in [0, 0.05) is 11.7 Å². The van der Waals surface area contributed by atoms with Crippen LogP contribution in [-0.4, -0.2) is 32.9 Å². The minimum atomic E-state index is -3.77. The van der Waals surface area contributed by atoms with Gasteiger partial charge < -0.3 is 10.1 Å². The summed E-state index contributed by atoms with van der Waals surface area (Å²) < 4.78 is 32.4. The summed E-state index contributed by atoms with van der Waals surface area (Å²) in [6, 6.07) is 14.0. The second-order valence-corrected chi connectivity index (χ2v) is 9.01. The molecule has 0 spiro atoms. The van der Waals surface area contributed by atoms with Gasteiger partial charge in [0.1, 0.15) is 0 Å². The standard InChI is InChI=1S/C22H26N2O5S/c25-21(23-18-8-4-1-2-5-9-18)16-29-22(26)17-12-14-20(15-13-17)30(27,28)24-19-10-6-3-7-11-19/h3,6-7,10-15,18,24H,1-2,4-5,8-9,16H2,(H,23,25). The summed E-state index contributed by atoms with van der Waals surface area (Å²) in [5.41, 5.74) is 0.622. The van der Waals surface area contributed by atoms with Crippen LogP contribution in [0.3, 0.4) is 0 Å². The molecule has 0 unspecified atom stereocenters. The van der Waals surface area contributed by atoms with Crippen molar-refractivity contribution in [2.45, 2.75) is 49.5 Å². The minimum Gasteiger partial charge on any atom is -0.452 e. The third-order valence-corrected chi connectivity index (χ3v) is 6.38. The molecule has 0 aliphatic heterocycles. The van der Waals surface area contributed by atoms with Gasteiger partial charge in [-0.1, -0.05) is 43.9 Å². The van der Waals surface area contributed by atoms with Crippen molar-refractivity contribution in [3.8, 4) is 0 Å². The molecule has 160 valence electrons. The van der Waals surface area contributed by atoms with E-state index in [1.54, 1.807) is 30.3 Å². The fourth-order valence-corrected chi connectivity index (χ4v) is 4.46. The number of esters is 1. The fraction of sp³-hybridized carbons (Fsp3) is 0.364. The van der Waals surface area contributed by atoms with E-state index in [1.807, 2.05) is 0 Å². The van der Waals surface area contributed by atoms with E-state index in [2.05, 4.69) is 10.0 Å². The highest BCUT2D eigenvalue weighted by molar-refractivity contribution is 7.92. The van der Waals surface area contributed by atoms with Gasteiger partial charge in [0.2, 0.25) is 0 Å². The molecule has 2 aromatic carbocycles. The molecule has 0 radical (unpaired) electrons. The molecule has 2 N–H and O–H groups in total. The molecule has 0 heterocycles. The van der Waals surface area contributed by atoms with E-state index < -0.39 is 16.0 Å². The summed E-state index contributed by atoms with van der Waals surface area (Å²) in [5.74, 6) is -0.993. The zero-order chi connectivity index (χ0) is 21.4. The largest absolute Gasteiger partial charge is 0.452 e. The van der Waals surface area contributed by atoms with Crippen molar-refractivity contribution in [3.63, 3.8) is 0 Å². The van der Waals surface area contributed by atoms with E-state index >= 15 is 0 Å². The van der Waals surface area contributed by atoms with Crippen molar-refractivity contribution in [1.29, 1.82) is 0 Å². The molecule has 1 amide bonds. The minimum absolute atomic E-state index is 0.0222. The predicted octanol–water partition coefficient (Wildman–Crippen LogP) is 3.48. The third kappa shape index (κ3) is 6.32. The van der Waals surface area contributed by atoms with Gasteiger partial charge in [-0.25, -0.2) is 13.2 Å². The average Bonchev–Trinajstić information content (AvgIpc) is 3.01. The number of ether oxygens (including phenoxy) is 1. The molecule has 7 nitrogen and oxygen atoms in total. The lowest BCUT2D eigenvalue weighted by molar-refractivity contribution is -0.125. The van der Waals surface area contributed by atoms with Crippen LogP contribution in [-0.2, 0) is 19.6 Å². The Kier molecular flexibility index (Phi) is 7.46. The molecule has 30 heavy (non-hydrogen) atoms. The number of amides is 1. The van der Waals surface area contributed by atoms with Gasteiger partial charge in [-0.05, 0) is 49.2 Å². The normalized spacial score (nSPS) is 15.1. The van der Waals surface area contributed by atoms with E-state index in [-0.39, 0.29) is 29.0 Å². The number of sulfonamides is 1. The van der Waals surface area contributed by atoms with E-state index in [0.29, 0.717) is 5.69 Å². The van der Waals surface area contributed by atoms with Crippen molar-refractivity contribution >= 4 is 27.6 Å². The Morgan fingerprint density at radius 2 is 1.53 bits per heavy atom. The molecular weight excluding hydrogens is 404 g/mol. The zero-order valence-corrected chi connectivity index (χ0v) is 17.5. The number of nitrogens with one attached hydrogen (secondary N) is 2. The Labute approximate surface area is 176 Å². The monoisotopic (exact) mass is 430 g/mol. The molecule has 8 heteroatoms. The molecular formula is C22H26N2O5S. The summed E-state index contributed by atoms with van der Waals surface area (Å²) in [5, 5.41) is 2.91. The quantitative estimate of drug-likeness (QED) is 0.517. The van der Waals surface area contributed by atoms with Crippen molar-refractivity contribution in [1.82, 2.24) is 5.32 Å². The maximum atomic E-state index is 12.4. The number of rotatable bonds is 7. The lowest BCUT2D eigenvalue weighted by Gasteiger charge is -2.16. The second kappa shape index (κ2) is 10.2. The smallest absolute Gasteiger partial charge is 0.338 e. The first-order valence-electron chi connectivity index (χ1n) is 10.1. The summed E-state index contributed by atoms with van der Waals surface area (Å²) in [6.07, 6.45) is 6.47. The molecule has 3 rings (SSSR count). The molecule has 1 aliphatic carbocycles. The SMILES string of the molecule is O=C(COC(=O)c1ccc(S(=O)(=O)Nc2ccccc2)cc1)NC1CCCCCC1. The van der Waals surface area contributed by atoms with Crippen LogP contribution in [0, 0.1) is 0 Å². The second-order valence-electron chi connectivity index (χ2n) is 7.33. The number of hydrogen-bond acceptors (Lipinski definition) is 5. The van der Waals surface area contributed by atoms with E-state index in [4.69, 9.17) is 4.74 Å². The molecule has 1 fully saturated rings. The van der Waals surface area contributed by atoms with Gasteiger partial charge in [-0.15, -0.1) is 0 Å². The number of carbonyl (C=O) groups excluding carboxylic acids is 2. The molecule has 1 saturated carbocycles. The number of hydrogen-bond donors (Lipinski definition) is 2. The van der Waals surface area contributed by atoms with E-state index in [9.17, 15) is 18.0 Å². The highest BCUT2D eigenvalue weighted by Gasteiger charge is 2.18. The van der Waals surface area contributed by atoms with Gasteiger partial charge in [0.15, 0.2) is 6.61 Å². The third-order valence-electron chi connectivity index (χ3n) is 4.98. The average molecular weight is 431 g/mol. The Balaban J connectivity index is 1.52. The van der Waals surface area contributed by atoms with Crippen LogP contribution >= 0.6 is 0 Å². The summed E-state index contributed by atoms with van der Waals surface area (Å²) in [7, 11) is -3.77. The maximum Gasteiger partial charge on any atom is 0.338 e. The molecule has 0 aromatic heterocycles. The van der Waals surface area contributed by atoms with Crippen molar-refractivity contribution < 1.29 is 22.7 Å². The number of benzene rings is 2. The zero-order valence-electron chi connectivity index (χ0n) is 16.7. The van der Waals surface area contributed by atoms with Crippen molar-refractivity contribution in [2.24, 2.45) is 0 Å². The van der Waals surface area contributed by atoms with Crippen LogP contribution in [0.25, 0.3) is 0 Å². The van der Waals surface area contributed by atoms with Crippen LogP contribution < -0.4 is 10.0 Å². The predicted molar refractivity (Wildman–Crippen MR) is 114 cm³/mol. The Hall–Kier alpha value is -2.87. The van der Waals surface area contributed by atoms with Crippen molar-refractivity contribution in [3.05, 3.63) is 60.2 Å². The van der Waals surface area contributed by atoms with E-state index in [0.717, 1.165) is 25.7 Å². The number of para-hydroxylation sites is 1. The first-order valence-corrected chi connectivity index (χ1v) is 11.6. The first-order chi connectivity index (χ1) is 14.4. The van der Waals surface area contributed by atoms with Crippen molar-refractivity contribution in [2.75, 3.05) is 11.3 Å². The molecule has 0 bridgehead atoms. The molecule has 0 saturated heterocycles. The number of anilines is 1. The maximum absolute atomic E-state index is 12.4. The lowest BCUT2D eigenvalue weighted by Crippen LogP contribution is -2.37. The summed E-state index contributed by atoms with van der Waals surface area (Å²) in [6.45, 7) is -0.356. The van der Waals surface area contributed by atoms with Gasteiger partial charge in [0.05, 0.1) is 10.5 Å². The highest BCUT2D eigenvalue weighted by Crippen LogP contribution is 2.18. The first kappa shape index (κ1) is 21.8. The van der Waals surface area contributed by atoms with Crippen LogP contribution in [0.1, 0.15) is 48.9 Å². The molecule has 1 aliphatic rings. The summed E-state index contributed by atoms with van der Waals surface area (Å²) in [4.78, 5) is 24.2. The van der Waals surface area contributed by atoms with Crippen LogP contribution in [0.5, 0.6) is 0 Å². The summed E-state index contributed by atoms with van der Waals surface area (Å²) >= 11 is 0. The van der Waals surface area contributed by atoms with Gasteiger partial charge in [-0.3, -0.25) is 9.52 Å². The Morgan fingerprint density at radius 3 is 2.17 bits per heavy atom. The Morgan fingerprint density at radius 1 is 0.900 bits per heavy atom. The van der Waals surface area contributed by atoms with Crippen LogP contribution in [0.2, 0.25) is 0 Å². The van der Waals surface area contributed by atoms with E-state index in [1.165, 1.54) is 37.1 Å². The fourth-order valence-electron chi connectivity index (χ4n) is 3.40. The van der Waals surface area contributed by atoms with Gasteiger partial charge in [-0.2, -0.15) is 0 Å². The van der Waals surface area contributed by atoms with Gasteiger partial charge in [0.25, 0.3) is 15.9 Å². The Bertz CT molecular complexity index is 951. The molecule has 0 atom stereocenters.